The van der Waals surface area contributed by atoms with Crippen LogP contribution in [0.25, 0.3) is 10.9 Å². The summed E-state index contributed by atoms with van der Waals surface area (Å²) < 4.78 is 2.00. The molecule has 0 aliphatic heterocycles. The van der Waals surface area contributed by atoms with Crippen molar-refractivity contribution in [2.45, 2.75) is 46.1 Å². The lowest BCUT2D eigenvalue weighted by molar-refractivity contribution is 0.431. The molecule has 0 fully saturated rings. The van der Waals surface area contributed by atoms with Crippen molar-refractivity contribution in [1.82, 2.24) is 15.1 Å². The van der Waals surface area contributed by atoms with Crippen LogP contribution in [-0.2, 0) is 13.5 Å². The van der Waals surface area contributed by atoms with E-state index in [-0.39, 0.29) is 0 Å². The second-order valence-electron chi connectivity index (χ2n) is 6.02. The quantitative estimate of drug-likeness (QED) is 0.836. The van der Waals surface area contributed by atoms with Crippen LogP contribution in [-0.4, -0.2) is 22.4 Å². The summed E-state index contributed by atoms with van der Waals surface area (Å²) in [5.41, 5.74) is 2.44. The molecule has 0 bridgehead atoms. The summed E-state index contributed by atoms with van der Waals surface area (Å²) in [6.45, 7) is 7.78. The van der Waals surface area contributed by atoms with Gasteiger partial charge in [-0.15, -0.1) is 0 Å². The van der Waals surface area contributed by atoms with Crippen molar-refractivity contribution in [3.05, 3.63) is 30.0 Å². The van der Waals surface area contributed by atoms with Gasteiger partial charge in [0.05, 0.1) is 11.2 Å². The van der Waals surface area contributed by atoms with Crippen LogP contribution in [0.5, 0.6) is 0 Å². The number of nitrogens with zero attached hydrogens (tertiary/aromatic N) is 2. The van der Waals surface area contributed by atoms with Gasteiger partial charge in [0, 0.05) is 24.9 Å². The number of rotatable bonds is 7. The molecule has 0 spiro atoms. The van der Waals surface area contributed by atoms with E-state index in [1.807, 2.05) is 11.7 Å². The highest BCUT2D eigenvalue weighted by Gasteiger charge is 2.14. The molecule has 3 nitrogen and oxygen atoms in total. The average molecular weight is 273 g/mol. The zero-order chi connectivity index (χ0) is 14.5. The van der Waals surface area contributed by atoms with Gasteiger partial charge in [-0.05, 0) is 31.4 Å². The predicted octanol–water partition coefficient (Wildman–Crippen LogP) is 3.53. The van der Waals surface area contributed by atoms with Crippen molar-refractivity contribution < 1.29 is 0 Å². The zero-order valence-corrected chi connectivity index (χ0v) is 13.2. The number of hydrogen-bond acceptors (Lipinski definition) is 2. The van der Waals surface area contributed by atoms with E-state index in [4.69, 9.17) is 5.10 Å². The van der Waals surface area contributed by atoms with Crippen molar-refractivity contribution in [2.24, 2.45) is 13.0 Å². The van der Waals surface area contributed by atoms with Crippen molar-refractivity contribution in [3.63, 3.8) is 0 Å². The predicted molar refractivity (Wildman–Crippen MR) is 86.0 cm³/mol. The van der Waals surface area contributed by atoms with Crippen molar-refractivity contribution in [1.29, 1.82) is 0 Å². The highest BCUT2D eigenvalue weighted by molar-refractivity contribution is 5.81. The largest absolute Gasteiger partial charge is 0.314 e. The average Bonchev–Trinajstić information content (AvgIpc) is 2.74. The fourth-order valence-electron chi connectivity index (χ4n) is 2.77. The van der Waals surface area contributed by atoms with Gasteiger partial charge in [-0.1, -0.05) is 39.0 Å². The number of aryl methyl sites for hydroxylation is 1. The van der Waals surface area contributed by atoms with Crippen molar-refractivity contribution >= 4 is 10.9 Å². The zero-order valence-electron chi connectivity index (χ0n) is 13.2. The topological polar surface area (TPSA) is 29.9 Å². The second kappa shape index (κ2) is 6.89. The molecule has 1 unspecified atom stereocenters. The van der Waals surface area contributed by atoms with Crippen LogP contribution < -0.4 is 5.32 Å². The van der Waals surface area contributed by atoms with Gasteiger partial charge in [0.25, 0.3) is 0 Å². The number of benzene rings is 1. The van der Waals surface area contributed by atoms with E-state index < -0.39 is 0 Å². The minimum Gasteiger partial charge on any atom is -0.314 e. The number of likely N-dealkylation sites (N-methyl/N-ethyl adjacent to an activating group) is 1. The van der Waals surface area contributed by atoms with E-state index >= 15 is 0 Å². The Kier molecular flexibility index (Phi) is 5.18. The Hall–Kier alpha value is -1.35. The second-order valence-corrected chi connectivity index (χ2v) is 6.02. The van der Waals surface area contributed by atoms with Gasteiger partial charge in [-0.2, -0.15) is 5.10 Å². The molecule has 0 aliphatic rings. The minimum absolute atomic E-state index is 0.528. The van der Waals surface area contributed by atoms with Crippen LogP contribution in [0.4, 0.5) is 0 Å². The van der Waals surface area contributed by atoms with Crippen LogP contribution in [0.2, 0.25) is 0 Å². The molecule has 0 aliphatic carbocycles. The summed E-state index contributed by atoms with van der Waals surface area (Å²) >= 11 is 0. The molecule has 20 heavy (non-hydrogen) atoms. The van der Waals surface area contributed by atoms with Gasteiger partial charge >= 0.3 is 0 Å². The standard InChI is InChI=1S/C17H27N3/c1-5-18-14(11-10-13(2)3)12-16-15-8-6-7-9-17(15)20(4)19-16/h6-9,13-14,18H,5,10-12H2,1-4H3. The third-order valence-electron chi connectivity index (χ3n) is 3.86. The fourth-order valence-corrected chi connectivity index (χ4v) is 2.77. The first-order chi connectivity index (χ1) is 9.61. The summed E-state index contributed by atoms with van der Waals surface area (Å²) in [6, 6.07) is 9.03. The number of nitrogens with one attached hydrogen (secondary N) is 1. The molecular formula is C17H27N3. The Balaban J connectivity index is 2.15. The molecule has 2 rings (SSSR count). The maximum atomic E-state index is 4.72. The van der Waals surface area contributed by atoms with Gasteiger partial charge in [-0.3, -0.25) is 4.68 Å². The molecule has 1 heterocycles. The Morgan fingerprint density at radius 3 is 2.65 bits per heavy atom. The molecule has 1 aromatic carbocycles. The van der Waals surface area contributed by atoms with Gasteiger partial charge in [0.15, 0.2) is 0 Å². The Bertz CT molecular complexity index is 542. The minimum atomic E-state index is 0.528. The van der Waals surface area contributed by atoms with E-state index in [9.17, 15) is 0 Å². The number of hydrogen-bond donors (Lipinski definition) is 1. The molecule has 1 aromatic heterocycles. The lowest BCUT2D eigenvalue weighted by atomic mass is 9.99. The SMILES string of the molecule is CCNC(CCC(C)C)Cc1nn(C)c2ccccc12. The lowest BCUT2D eigenvalue weighted by Crippen LogP contribution is -2.31. The molecule has 0 radical (unpaired) electrons. The highest BCUT2D eigenvalue weighted by Crippen LogP contribution is 2.20. The van der Waals surface area contributed by atoms with E-state index in [1.165, 1.54) is 29.4 Å². The van der Waals surface area contributed by atoms with Gasteiger partial charge in [0.2, 0.25) is 0 Å². The van der Waals surface area contributed by atoms with Crippen LogP contribution in [0, 0.1) is 5.92 Å². The van der Waals surface area contributed by atoms with Crippen LogP contribution >= 0.6 is 0 Å². The summed E-state index contributed by atoms with van der Waals surface area (Å²) in [7, 11) is 2.03. The Labute approximate surface area is 122 Å². The summed E-state index contributed by atoms with van der Waals surface area (Å²) in [6.07, 6.45) is 3.50. The molecule has 1 N–H and O–H groups in total. The summed E-state index contributed by atoms with van der Waals surface area (Å²) in [4.78, 5) is 0. The summed E-state index contributed by atoms with van der Waals surface area (Å²) in [5.74, 6) is 0.761. The third kappa shape index (κ3) is 3.60. The fraction of sp³-hybridized carbons (Fsp3) is 0.588. The lowest BCUT2D eigenvalue weighted by Gasteiger charge is -2.18. The first-order valence-corrected chi connectivity index (χ1v) is 7.75. The smallest absolute Gasteiger partial charge is 0.0718 e. The number of aromatic nitrogens is 2. The molecule has 0 saturated carbocycles. The Morgan fingerprint density at radius 2 is 1.95 bits per heavy atom. The van der Waals surface area contributed by atoms with Crippen LogP contribution in [0.3, 0.4) is 0 Å². The van der Waals surface area contributed by atoms with Gasteiger partial charge in [-0.25, -0.2) is 0 Å². The van der Waals surface area contributed by atoms with Crippen LogP contribution in [0.15, 0.2) is 24.3 Å². The molecule has 0 saturated heterocycles. The van der Waals surface area contributed by atoms with Crippen LogP contribution in [0.1, 0.15) is 39.3 Å². The van der Waals surface area contributed by atoms with Crippen molar-refractivity contribution in [2.75, 3.05) is 6.54 Å². The molecular weight excluding hydrogens is 246 g/mol. The number of fused-ring (bicyclic) bond motifs is 1. The van der Waals surface area contributed by atoms with E-state index in [2.05, 4.69) is 50.4 Å². The monoisotopic (exact) mass is 273 g/mol. The van der Waals surface area contributed by atoms with E-state index in [1.54, 1.807) is 0 Å². The third-order valence-corrected chi connectivity index (χ3v) is 3.86. The van der Waals surface area contributed by atoms with Gasteiger partial charge in [0.1, 0.15) is 0 Å². The van der Waals surface area contributed by atoms with E-state index in [0.29, 0.717) is 6.04 Å². The number of para-hydroxylation sites is 1. The molecule has 1 atom stereocenters. The molecule has 2 aromatic rings. The maximum absolute atomic E-state index is 4.72. The van der Waals surface area contributed by atoms with Gasteiger partial charge < -0.3 is 5.32 Å². The summed E-state index contributed by atoms with van der Waals surface area (Å²) in [5, 5.41) is 9.62. The van der Waals surface area contributed by atoms with Crippen molar-refractivity contribution in [3.8, 4) is 0 Å². The molecule has 0 amide bonds. The highest BCUT2D eigenvalue weighted by atomic mass is 15.3. The first kappa shape index (κ1) is 15.0. The molecule has 110 valence electrons. The normalized spacial score (nSPS) is 13.2. The molecule has 3 heteroatoms. The first-order valence-electron chi connectivity index (χ1n) is 7.75. The maximum Gasteiger partial charge on any atom is 0.0718 e. The van der Waals surface area contributed by atoms with E-state index in [0.717, 1.165) is 18.9 Å². The Morgan fingerprint density at radius 1 is 1.20 bits per heavy atom.